The van der Waals surface area contributed by atoms with Crippen LogP contribution in [0.15, 0.2) is 36.7 Å². The average molecular weight is 355 g/mol. The topological polar surface area (TPSA) is 45.9 Å². The zero-order valence-corrected chi connectivity index (χ0v) is 15.0. The van der Waals surface area contributed by atoms with Crippen LogP contribution in [0.2, 0.25) is 0 Å². The number of rotatable bonds is 4. The molecule has 0 aliphatic carbocycles. The highest BCUT2D eigenvalue weighted by Crippen LogP contribution is 2.22. The van der Waals surface area contributed by atoms with Crippen molar-refractivity contribution in [2.24, 2.45) is 0 Å². The van der Waals surface area contributed by atoms with Gasteiger partial charge in [0.15, 0.2) is 17.4 Å². The van der Waals surface area contributed by atoms with Gasteiger partial charge < -0.3 is 9.64 Å². The lowest BCUT2D eigenvalue weighted by molar-refractivity contribution is 0.249. The Morgan fingerprint density at radius 3 is 2.69 bits per heavy atom. The molecule has 1 aliphatic heterocycles. The SMILES string of the molecule is COc1ccc(CN2CCN(c3nccn4nc(C)cc34)CC2)cc1F. The third-order valence-corrected chi connectivity index (χ3v) is 4.79. The molecule has 1 fully saturated rings. The third-order valence-electron chi connectivity index (χ3n) is 4.79. The van der Waals surface area contributed by atoms with Crippen LogP contribution in [0.4, 0.5) is 10.2 Å². The van der Waals surface area contributed by atoms with E-state index >= 15 is 0 Å². The summed E-state index contributed by atoms with van der Waals surface area (Å²) in [6.07, 6.45) is 3.67. The van der Waals surface area contributed by atoms with E-state index in [1.165, 1.54) is 7.11 Å². The number of hydrogen-bond donors (Lipinski definition) is 0. The Morgan fingerprint density at radius 2 is 1.96 bits per heavy atom. The van der Waals surface area contributed by atoms with Crippen LogP contribution in [0.25, 0.3) is 5.52 Å². The van der Waals surface area contributed by atoms with E-state index in [9.17, 15) is 4.39 Å². The highest BCUT2D eigenvalue weighted by atomic mass is 19.1. The van der Waals surface area contributed by atoms with Crippen LogP contribution >= 0.6 is 0 Å². The molecule has 1 aliphatic rings. The Balaban J connectivity index is 1.43. The normalized spacial score (nSPS) is 15.6. The number of nitrogens with zero attached hydrogens (tertiary/aromatic N) is 5. The molecule has 3 aromatic rings. The molecule has 26 heavy (non-hydrogen) atoms. The molecular formula is C19H22FN5O. The smallest absolute Gasteiger partial charge is 0.165 e. The summed E-state index contributed by atoms with van der Waals surface area (Å²) in [5, 5.41) is 4.46. The summed E-state index contributed by atoms with van der Waals surface area (Å²) < 4.78 is 20.7. The molecule has 0 bridgehead atoms. The molecule has 0 spiro atoms. The van der Waals surface area contributed by atoms with Gasteiger partial charge in [0.2, 0.25) is 0 Å². The second kappa shape index (κ2) is 6.92. The maximum absolute atomic E-state index is 13.9. The Bertz CT molecular complexity index is 917. The largest absolute Gasteiger partial charge is 0.494 e. The van der Waals surface area contributed by atoms with Crippen molar-refractivity contribution in [2.45, 2.75) is 13.5 Å². The Labute approximate surface area is 151 Å². The number of methoxy groups -OCH3 is 1. The lowest BCUT2D eigenvalue weighted by Gasteiger charge is -2.35. The van der Waals surface area contributed by atoms with Crippen molar-refractivity contribution in [3.05, 3.63) is 53.7 Å². The summed E-state index contributed by atoms with van der Waals surface area (Å²) in [6.45, 7) is 6.30. The van der Waals surface area contributed by atoms with Gasteiger partial charge in [-0.1, -0.05) is 6.07 Å². The molecule has 6 nitrogen and oxygen atoms in total. The molecule has 0 saturated carbocycles. The molecule has 2 aromatic heterocycles. The molecular weight excluding hydrogens is 333 g/mol. The van der Waals surface area contributed by atoms with Crippen molar-refractivity contribution < 1.29 is 9.13 Å². The van der Waals surface area contributed by atoms with Crippen LogP contribution in [-0.2, 0) is 6.54 Å². The van der Waals surface area contributed by atoms with Crippen LogP contribution in [0, 0.1) is 12.7 Å². The summed E-state index contributed by atoms with van der Waals surface area (Å²) in [6, 6.07) is 7.23. The number of aryl methyl sites for hydroxylation is 1. The predicted octanol–water partition coefficient (Wildman–Crippen LogP) is 2.51. The van der Waals surface area contributed by atoms with E-state index in [-0.39, 0.29) is 11.6 Å². The zero-order chi connectivity index (χ0) is 18.1. The number of anilines is 1. The first-order valence-corrected chi connectivity index (χ1v) is 8.75. The Morgan fingerprint density at radius 1 is 1.15 bits per heavy atom. The van der Waals surface area contributed by atoms with E-state index in [0.29, 0.717) is 0 Å². The summed E-state index contributed by atoms with van der Waals surface area (Å²) in [4.78, 5) is 9.19. The van der Waals surface area contributed by atoms with Gasteiger partial charge in [-0.05, 0) is 30.7 Å². The Hall–Kier alpha value is -2.67. The highest BCUT2D eigenvalue weighted by molar-refractivity contribution is 5.69. The Kier molecular flexibility index (Phi) is 4.46. The van der Waals surface area contributed by atoms with Crippen LogP contribution in [0.1, 0.15) is 11.3 Å². The van der Waals surface area contributed by atoms with Gasteiger partial charge in [-0.15, -0.1) is 0 Å². The molecule has 0 N–H and O–H groups in total. The highest BCUT2D eigenvalue weighted by Gasteiger charge is 2.20. The number of ether oxygens (including phenoxy) is 1. The van der Waals surface area contributed by atoms with E-state index in [1.807, 2.05) is 23.7 Å². The van der Waals surface area contributed by atoms with Gasteiger partial charge in [-0.25, -0.2) is 13.9 Å². The van der Waals surface area contributed by atoms with Gasteiger partial charge in [0.05, 0.1) is 12.8 Å². The van der Waals surface area contributed by atoms with E-state index in [4.69, 9.17) is 4.74 Å². The van der Waals surface area contributed by atoms with Crippen molar-refractivity contribution in [3.8, 4) is 5.75 Å². The van der Waals surface area contributed by atoms with Crippen molar-refractivity contribution in [1.29, 1.82) is 0 Å². The maximum atomic E-state index is 13.9. The summed E-state index contributed by atoms with van der Waals surface area (Å²) >= 11 is 0. The lowest BCUT2D eigenvalue weighted by Crippen LogP contribution is -2.46. The first-order chi connectivity index (χ1) is 12.6. The molecule has 1 aromatic carbocycles. The first-order valence-electron chi connectivity index (χ1n) is 8.75. The molecule has 4 rings (SSSR count). The van der Waals surface area contributed by atoms with Crippen LogP contribution in [-0.4, -0.2) is 52.8 Å². The molecule has 0 radical (unpaired) electrons. The van der Waals surface area contributed by atoms with Crippen LogP contribution in [0.5, 0.6) is 5.75 Å². The van der Waals surface area contributed by atoms with Crippen LogP contribution < -0.4 is 9.64 Å². The number of hydrogen-bond acceptors (Lipinski definition) is 5. The fraction of sp³-hybridized carbons (Fsp3) is 0.368. The zero-order valence-electron chi connectivity index (χ0n) is 15.0. The fourth-order valence-corrected chi connectivity index (χ4v) is 3.46. The minimum atomic E-state index is -0.310. The molecule has 7 heteroatoms. The number of piperazine rings is 1. The summed E-state index contributed by atoms with van der Waals surface area (Å²) in [5.41, 5.74) is 2.98. The van der Waals surface area contributed by atoms with Crippen molar-refractivity contribution in [3.63, 3.8) is 0 Å². The average Bonchev–Trinajstić information content (AvgIpc) is 3.03. The van der Waals surface area contributed by atoms with E-state index in [1.54, 1.807) is 18.3 Å². The second-order valence-electron chi connectivity index (χ2n) is 6.60. The van der Waals surface area contributed by atoms with Crippen molar-refractivity contribution >= 4 is 11.3 Å². The summed E-state index contributed by atoms with van der Waals surface area (Å²) in [7, 11) is 1.48. The molecule has 1 saturated heterocycles. The van der Waals surface area contributed by atoms with E-state index < -0.39 is 0 Å². The lowest BCUT2D eigenvalue weighted by atomic mass is 10.2. The van der Waals surface area contributed by atoms with Crippen molar-refractivity contribution in [2.75, 3.05) is 38.2 Å². The van der Waals surface area contributed by atoms with Gasteiger partial charge in [0, 0.05) is 45.1 Å². The number of fused-ring (bicyclic) bond motifs is 1. The number of halogens is 1. The van der Waals surface area contributed by atoms with Gasteiger partial charge in [-0.3, -0.25) is 4.90 Å². The molecule has 0 atom stereocenters. The molecule has 0 amide bonds. The van der Waals surface area contributed by atoms with Crippen molar-refractivity contribution in [1.82, 2.24) is 19.5 Å². The van der Waals surface area contributed by atoms with Gasteiger partial charge >= 0.3 is 0 Å². The number of aromatic nitrogens is 3. The van der Waals surface area contributed by atoms with E-state index in [2.05, 4.69) is 25.9 Å². The fourth-order valence-electron chi connectivity index (χ4n) is 3.46. The third kappa shape index (κ3) is 3.22. The van der Waals surface area contributed by atoms with Gasteiger partial charge in [-0.2, -0.15) is 5.10 Å². The summed E-state index contributed by atoms with van der Waals surface area (Å²) in [5.74, 6) is 0.952. The number of benzene rings is 1. The minimum Gasteiger partial charge on any atom is -0.494 e. The first kappa shape index (κ1) is 16.8. The minimum absolute atomic E-state index is 0.286. The monoisotopic (exact) mass is 355 g/mol. The standard InChI is InChI=1S/C19H22FN5O/c1-14-11-17-19(21-5-6-25(17)22-14)24-9-7-23(8-10-24)13-15-3-4-18(26-2)16(20)12-15/h3-6,11-12H,7-10,13H2,1-2H3. The molecule has 0 unspecified atom stereocenters. The van der Waals surface area contributed by atoms with E-state index in [0.717, 1.165) is 55.3 Å². The van der Waals surface area contributed by atoms with Gasteiger partial charge in [0.25, 0.3) is 0 Å². The molecule has 3 heterocycles. The predicted molar refractivity (Wildman–Crippen MR) is 98.2 cm³/mol. The van der Waals surface area contributed by atoms with Gasteiger partial charge in [0.1, 0.15) is 5.52 Å². The quantitative estimate of drug-likeness (QED) is 0.720. The maximum Gasteiger partial charge on any atom is 0.165 e. The van der Waals surface area contributed by atoms with Crippen LogP contribution in [0.3, 0.4) is 0 Å². The second-order valence-corrected chi connectivity index (χ2v) is 6.60. The molecule has 136 valence electrons.